The molecule has 2 aromatic rings. The molecule has 0 radical (unpaired) electrons. The number of nitrogens with zero attached hydrogens (tertiary/aromatic N) is 1. The second kappa shape index (κ2) is 9.79. The Morgan fingerprint density at radius 3 is 2.03 bits per heavy atom. The predicted molar refractivity (Wildman–Crippen MR) is 112 cm³/mol. The monoisotopic (exact) mass is 440 g/mol. The largest absolute Gasteiger partial charge is 0.467 e. The second-order valence-corrected chi connectivity index (χ2v) is 8.15. The molecule has 160 valence electrons. The van der Waals surface area contributed by atoms with Crippen LogP contribution in [0.1, 0.15) is 17.5 Å². The molecule has 2 aromatic carbocycles. The Morgan fingerprint density at radius 2 is 1.55 bits per heavy atom. The molecule has 0 aliphatic rings. The summed E-state index contributed by atoms with van der Waals surface area (Å²) in [7, 11) is -1.60. The third-order valence-corrected chi connectivity index (χ3v) is 5.70. The molecule has 0 aromatic heterocycles. The van der Waals surface area contributed by atoms with Crippen LogP contribution < -0.4 is 4.72 Å². The van der Waals surface area contributed by atoms with Gasteiger partial charge >= 0.3 is 11.9 Å². The highest BCUT2D eigenvalue weighted by molar-refractivity contribution is 7.92. The van der Waals surface area contributed by atoms with Crippen molar-refractivity contribution in [1.29, 1.82) is 5.26 Å². The normalized spacial score (nSPS) is 10.8. The minimum atomic E-state index is -3.76. The number of nitrogens with one attached hydrogen (secondary N) is 1. The number of sulfonamides is 1. The van der Waals surface area contributed by atoms with E-state index in [1.807, 2.05) is 6.92 Å². The molecule has 0 spiro atoms. The molecule has 0 amide bonds. The van der Waals surface area contributed by atoms with E-state index in [0.717, 1.165) is 19.8 Å². The molecule has 9 heteroatoms. The zero-order chi connectivity index (χ0) is 23.1. The minimum Gasteiger partial charge on any atom is -0.467 e. The Hall–Kier alpha value is -3.82. The number of nitriles is 1. The van der Waals surface area contributed by atoms with E-state index in [2.05, 4.69) is 26.0 Å². The summed E-state index contributed by atoms with van der Waals surface area (Å²) < 4.78 is 36.7. The van der Waals surface area contributed by atoms with E-state index in [-0.39, 0.29) is 4.90 Å². The van der Waals surface area contributed by atoms with Crippen LogP contribution in [-0.2, 0) is 29.1 Å². The first-order chi connectivity index (χ1) is 14.7. The van der Waals surface area contributed by atoms with Crippen molar-refractivity contribution in [2.45, 2.75) is 18.2 Å². The first-order valence-corrected chi connectivity index (χ1v) is 10.4. The quantitative estimate of drug-likeness (QED) is 0.416. The summed E-state index contributed by atoms with van der Waals surface area (Å²) in [6, 6.07) is 14.1. The first-order valence-electron chi connectivity index (χ1n) is 8.95. The number of methoxy groups -OCH3 is 2. The number of hydrogen-bond donors (Lipinski definition) is 1. The number of anilines is 1. The van der Waals surface area contributed by atoms with Crippen LogP contribution in [0.5, 0.6) is 0 Å². The van der Waals surface area contributed by atoms with Gasteiger partial charge in [0.1, 0.15) is 0 Å². The maximum Gasteiger partial charge on any atom is 0.336 e. The van der Waals surface area contributed by atoms with E-state index < -0.39 is 33.8 Å². The van der Waals surface area contributed by atoms with Crippen molar-refractivity contribution in [3.8, 4) is 17.9 Å². The fraction of sp³-hybridized carbons (Fsp3) is 0.227. The SMILES string of the molecule is COC(=O)C(C#Cc1ccc(NS(=O)(=O)c2ccc(C)cc2)cc1)(CC#N)C(=O)OC. The Labute approximate surface area is 180 Å². The molecule has 0 bridgehead atoms. The highest BCUT2D eigenvalue weighted by Gasteiger charge is 2.47. The van der Waals surface area contributed by atoms with Gasteiger partial charge in [0, 0.05) is 11.3 Å². The topological polar surface area (TPSA) is 123 Å². The zero-order valence-electron chi connectivity index (χ0n) is 17.1. The van der Waals surface area contributed by atoms with E-state index in [1.165, 1.54) is 36.4 Å². The smallest absolute Gasteiger partial charge is 0.336 e. The summed E-state index contributed by atoms with van der Waals surface area (Å²) in [6.45, 7) is 1.86. The lowest BCUT2D eigenvalue weighted by atomic mass is 9.85. The molecule has 0 atom stereocenters. The molecule has 0 heterocycles. The predicted octanol–water partition coefficient (Wildman–Crippen LogP) is 2.39. The Bertz CT molecular complexity index is 1150. The summed E-state index contributed by atoms with van der Waals surface area (Å²) in [6.07, 6.45) is -0.548. The van der Waals surface area contributed by atoms with Crippen LogP contribution in [0.3, 0.4) is 0 Å². The van der Waals surface area contributed by atoms with Gasteiger partial charge in [-0.3, -0.25) is 4.72 Å². The first kappa shape index (κ1) is 23.5. The van der Waals surface area contributed by atoms with E-state index in [1.54, 1.807) is 18.2 Å². The molecule has 0 aliphatic carbocycles. The maximum atomic E-state index is 12.5. The number of benzene rings is 2. The number of rotatable bonds is 6. The van der Waals surface area contributed by atoms with Crippen LogP contribution in [0, 0.1) is 35.5 Å². The molecule has 0 fully saturated rings. The average molecular weight is 440 g/mol. The number of esters is 2. The number of ether oxygens (including phenoxy) is 2. The highest BCUT2D eigenvalue weighted by atomic mass is 32.2. The van der Waals surface area contributed by atoms with Crippen LogP contribution in [0.4, 0.5) is 5.69 Å². The van der Waals surface area contributed by atoms with Crippen molar-refractivity contribution in [3.63, 3.8) is 0 Å². The van der Waals surface area contributed by atoms with E-state index in [4.69, 9.17) is 5.26 Å². The van der Waals surface area contributed by atoms with Crippen LogP contribution >= 0.6 is 0 Å². The summed E-state index contributed by atoms with van der Waals surface area (Å²) in [5, 5.41) is 9.04. The second-order valence-electron chi connectivity index (χ2n) is 6.47. The zero-order valence-corrected chi connectivity index (χ0v) is 17.9. The molecular weight excluding hydrogens is 420 g/mol. The van der Waals surface area contributed by atoms with Gasteiger partial charge in [0.05, 0.1) is 31.6 Å². The van der Waals surface area contributed by atoms with Gasteiger partial charge in [0.15, 0.2) is 0 Å². The summed E-state index contributed by atoms with van der Waals surface area (Å²) in [4.78, 5) is 24.4. The van der Waals surface area contributed by atoms with Crippen molar-refractivity contribution in [3.05, 3.63) is 59.7 Å². The summed E-state index contributed by atoms with van der Waals surface area (Å²) >= 11 is 0. The van der Waals surface area contributed by atoms with Crippen molar-refractivity contribution >= 4 is 27.6 Å². The minimum absolute atomic E-state index is 0.124. The van der Waals surface area contributed by atoms with Crippen molar-refractivity contribution in [1.82, 2.24) is 0 Å². The van der Waals surface area contributed by atoms with Crippen molar-refractivity contribution in [2.24, 2.45) is 5.41 Å². The van der Waals surface area contributed by atoms with Crippen LogP contribution in [0.2, 0.25) is 0 Å². The van der Waals surface area contributed by atoms with Gasteiger partial charge in [-0.25, -0.2) is 18.0 Å². The average Bonchev–Trinajstić information content (AvgIpc) is 2.76. The fourth-order valence-corrected chi connectivity index (χ4v) is 3.63. The Morgan fingerprint density at radius 1 is 1.00 bits per heavy atom. The van der Waals surface area contributed by atoms with Gasteiger partial charge < -0.3 is 9.47 Å². The summed E-state index contributed by atoms with van der Waals surface area (Å²) in [5.41, 5.74) is -0.457. The molecule has 0 saturated heterocycles. The van der Waals surface area contributed by atoms with Crippen LogP contribution in [0.15, 0.2) is 53.4 Å². The maximum absolute atomic E-state index is 12.5. The van der Waals surface area contributed by atoms with Crippen molar-refractivity contribution < 1.29 is 27.5 Å². The molecule has 0 saturated carbocycles. The van der Waals surface area contributed by atoms with Crippen molar-refractivity contribution in [2.75, 3.05) is 18.9 Å². The molecule has 8 nitrogen and oxygen atoms in total. The number of carbonyl (C=O) groups is 2. The van der Waals surface area contributed by atoms with Crippen LogP contribution in [0.25, 0.3) is 0 Å². The Kier molecular flexibility index (Phi) is 7.41. The standard InChI is InChI=1S/C22H20N2O6S/c1-16-4-10-19(11-5-16)31(27,28)24-18-8-6-17(7-9-18)12-13-22(14-15-23,20(25)29-2)21(26)30-3/h4-11,24H,14H2,1-3H3. The lowest BCUT2D eigenvalue weighted by molar-refractivity contribution is -0.163. The molecule has 2 rings (SSSR count). The Balaban J connectivity index is 2.30. The molecule has 0 aliphatic heterocycles. The van der Waals surface area contributed by atoms with Crippen LogP contribution in [-0.4, -0.2) is 34.6 Å². The number of hydrogen-bond acceptors (Lipinski definition) is 7. The van der Waals surface area contributed by atoms with Gasteiger partial charge in [-0.05, 0) is 43.3 Å². The molecule has 0 unspecified atom stereocenters. The molecule has 1 N–H and O–H groups in total. The van der Waals surface area contributed by atoms with Gasteiger partial charge in [0.25, 0.3) is 10.0 Å². The molecular formula is C22H20N2O6S. The number of aryl methyl sites for hydroxylation is 1. The number of carbonyl (C=O) groups excluding carboxylic acids is 2. The van der Waals surface area contributed by atoms with Gasteiger partial charge in [-0.15, -0.1) is 0 Å². The van der Waals surface area contributed by atoms with E-state index in [9.17, 15) is 18.0 Å². The van der Waals surface area contributed by atoms with Gasteiger partial charge in [-0.2, -0.15) is 5.26 Å². The van der Waals surface area contributed by atoms with E-state index >= 15 is 0 Å². The van der Waals surface area contributed by atoms with Gasteiger partial charge in [0.2, 0.25) is 5.41 Å². The highest BCUT2D eigenvalue weighted by Crippen LogP contribution is 2.25. The fourth-order valence-electron chi connectivity index (χ4n) is 2.57. The lowest BCUT2D eigenvalue weighted by Crippen LogP contribution is -2.39. The molecule has 31 heavy (non-hydrogen) atoms. The third-order valence-electron chi connectivity index (χ3n) is 4.30. The van der Waals surface area contributed by atoms with E-state index in [0.29, 0.717) is 11.3 Å². The summed E-state index contributed by atoms with van der Waals surface area (Å²) in [5.74, 6) is 3.13. The van der Waals surface area contributed by atoms with Gasteiger partial charge in [-0.1, -0.05) is 29.5 Å². The lowest BCUT2D eigenvalue weighted by Gasteiger charge is -2.19. The third kappa shape index (κ3) is 5.41.